The van der Waals surface area contributed by atoms with Gasteiger partial charge in [0.05, 0.1) is 6.10 Å². The molecule has 0 radical (unpaired) electrons. The van der Waals surface area contributed by atoms with Gasteiger partial charge >= 0.3 is 0 Å². The van der Waals surface area contributed by atoms with E-state index in [0.29, 0.717) is 29.8 Å². The molecule has 0 aromatic heterocycles. The average Bonchev–Trinajstić information content (AvgIpc) is 2.28. The Morgan fingerprint density at radius 1 is 1.11 bits per heavy atom. The first-order chi connectivity index (χ1) is 8.90. The lowest BCUT2D eigenvalue weighted by atomic mass is 9.76. The Morgan fingerprint density at radius 2 is 1.68 bits per heavy atom. The SMILES string of the molecule is CCC(CC)N(CC(C)C)C1C(C)CC(C)CC1O. The molecule has 114 valence electrons. The molecule has 0 amide bonds. The van der Waals surface area contributed by atoms with Gasteiger partial charge in [0.1, 0.15) is 0 Å². The zero-order valence-electron chi connectivity index (χ0n) is 13.9. The van der Waals surface area contributed by atoms with Crippen molar-refractivity contribution in [2.45, 2.75) is 85.4 Å². The summed E-state index contributed by atoms with van der Waals surface area (Å²) >= 11 is 0. The third kappa shape index (κ3) is 4.46. The summed E-state index contributed by atoms with van der Waals surface area (Å²) < 4.78 is 0. The molecule has 1 saturated carbocycles. The van der Waals surface area contributed by atoms with Crippen LogP contribution >= 0.6 is 0 Å². The Labute approximate surface area is 120 Å². The molecule has 0 bridgehead atoms. The largest absolute Gasteiger partial charge is 0.391 e. The van der Waals surface area contributed by atoms with Gasteiger partial charge in [0.25, 0.3) is 0 Å². The molecule has 0 saturated heterocycles. The highest BCUT2D eigenvalue weighted by Crippen LogP contribution is 2.34. The van der Waals surface area contributed by atoms with Crippen molar-refractivity contribution in [3.63, 3.8) is 0 Å². The van der Waals surface area contributed by atoms with Crippen LogP contribution in [-0.4, -0.2) is 34.7 Å². The van der Waals surface area contributed by atoms with Gasteiger partial charge < -0.3 is 5.11 Å². The first kappa shape index (κ1) is 17.0. The molecule has 4 unspecified atom stereocenters. The van der Waals surface area contributed by atoms with E-state index in [1.807, 2.05) is 0 Å². The molecule has 1 rings (SSSR count). The molecule has 1 aliphatic rings. The van der Waals surface area contributed by atoms with Crippen LogP contribution in [0.2, 0.25) is 0 Å². The molecule has 0 aromatic rings. The van der Waals surface area contributed by atoms with E-state index in [9.17, 15) is 5.11 Å². The van der Waals surface area contributed by atoms with E-state index < -0.39 is 0 Å². The number of hydrogen-bond acceptors (Lipinski definition) is 2. The van der Waals surface area contributed by atoms with Crippen molar-refractivity contribution in [2.24, 2.45) is 17.8 Å². The topological polar surface area (TPSA) is 23.5 Å². The van der Waals surface area contributed by atoms with Crippen LogP contribution in [-0.2, 0) is 0 Å². The summed E-state index contributed by atoms with van der Waals surface area (Å²) in [5, 5.41) is 10.6. The van der Waals surface area contributed by atoms with Gasteiger partial charge in [-0.25, -0.2) is 0 Å². The van der Waals surface area contributed by atoms with Gasteiger partial charge in [0.2, 0.25) is 0 Å². The highest BCUT2D eigenvalue weighted by atomic mass is 16.3. The predicted octanol–water partition coefficient (Wildman–Crippen LogP) is 3.93. The summed E-state index contributed by atoms with van der Waals surface area (Å²) in [6.45, 7) is 14.9. The van der Waals surface area contributed by atoms with Crippen molar-refractivity contribution in [2.75, 3.05) is 6.54 Å². The van der Waals surface area contributed by atoms with Crippen LogP contribution in [0.1, 0.15) is 67.2 Å². The number of rotatable bonds is 6. The molecule has 1 fully saturated rings. The van der Waals surface area contributed by atoms with Gasteiger partial charge in [-0.2, -0.15) is 0 Å². The van der Waals surface area contributed by atoms with Gasteiger partial charge in [-0.05, 0) is 43.4 Å². The van der Waals surface area contributed by atoms with Crippen molar-refractivity contribution < 1.29 is 5.11 Å². The van der Waals surface area contributed by atoms with Crippen LogP contribution in [0.3, 0.4) is 0 Å². The van der Waals surface area contributed by atoms with Crippen molar-refractivity contribution in [1.82, 2.24) is 4.90 Å². The number of aliphatic hydroxyl groups is 1. The fourth-order valence-corrected chi connectivity index (χ4v) is 4.04. The van der Waals surface area contributed by atoms with Crippen LogP contribution in [0.5, 0.6) is 0 Å². The molecule has 1 aliphatic carbocycles. The second-order valence-corrected chi connectivity index (χ2v) is 7.17. The van der Waals surface area contributed by atoms with Crippen molar-refractivity contribution in [3.05, 3.63) is 0 Å². The highest BCUT2D eigenvalue weighted by Gasteiger charge is 2.38. The molecule has 0 spiro atoms. The predicted molar refractivity (Wildman–Crippen MR) is 83.3 cm³/mol. The quantitative estimate of drug-likeness (QED) is 0.790. The van der Waals surface area contributed by atoms with Gasteiger partial charge in [0, 0.05) is 18.6 Å². The van der Waals surface area contributed by atoms with E-state index in [1.54, 1.807) is 0 Å². The first-order valence-electron chi connectivity index (χ1n) is 8.34. The second kappa shape index (κ2) is 7.64. The van der Waals surface area contributed by atoms with Gasteiger partial charge in [-0.3, -0.25) is 4.90 Å². The Morgan fingerprint density at radius 3 is 2.11 bits per heavy atom. The zero-order chi connectivity index (χ0) is 14.6. The second-order valence-electron chi connectivity index (χ2n) is 7.17. The smallest absolute Gasteiger partial charge is 0.0700 e. The van der Waals surface area contributed by atoms with Gasteiger partial charge in [0.15, 0.2) is 0 Å². The van der Waals surface area contributed by atoms with Crippen molar-refractivity contribution >= 4 is 0 Å². The Kier molecular flexibility index (Phi) is 6.82. The molecule has 1 N–H and O–H groups in total. The van der Waals surface area contributed by atoms with Crippen LogP contribution < -0.4 is 0 Å². The lowest BCUT2D eigenvalue weighted by molar-refractivity contribution is -0.0479. The van der Waals surface area contributed by atoms with Crippen LogP contribution in [0.25, 0.3) is 0 Å². The minimum atomic E-state index is -0.141. The minimum absolute atomic E-state index is 0.141. The molecule has 0 aliphatic heterocycles. The zero-order valence-corrected chi connectivity index (χ0v) is 13.9. The maximum absolute atomic E-state index is 10.6. The summed E-state index contributed by atoms with van der Waals surface area (Å²) in [4.78, 5) is 2.63. The van der Waals surface area contributed by atoms with E-state index in [0.717, 1.165) is 13.0 Å². The molecule has 2 nitrogen and oxygen atoms in total. The van der Waals surface area contributed by atoms with Gasteiger partial charge in [-0.1, -0.05) is 41.5 Å². The fourth-order valence-electron chi connectivity index (χ4n) is 4.04. The Bertz CT molecular complexity index is 238. The summed E-state index contributed by atoms with van der Waals surface area (Å²) in [7, 11) is 0. The maximum atomic E-state index is 10.6. The normalized spacial score (nSPS) is 32.5. The lowest BCUT2D eigenvalue weighted by Crippen LogP contribution is -2.55. The van der Waals surface area contributed by atoms with Gasteiger partial charge in [-0.15, -0.1) is 0 Å². The first-order valence-corrected chi connectivity index (χ1v) is 8.34. The van der Waals surface area contributed by atoms with Crippen molar-refractivity contribution in [3.8, 4) is 0 Å². The molecule has 0 heterocycles. The average molecular weight is 269 g/mol. The Hall–Kier alpha value is -0.0800. The van der Waals surface area contributed by atoms with E-state index in [-0.39, 0.29) is 6.10 Å². The third-order valence-corrected chi connectivity index (χ3v) is 4.77. The summed E-state index contributed by atoms with van der Waals surface area (Å²) in [5.74, 6) is 1.95. The van der Waals surface area contributed by atoms with E-state index in [1.165, 1.54) is 19.3 Å². The van der Waals surface area contributed by atoms with E-state index in [2.05, 4.69) is 46.4 Å². The molecule has 2 heteroatoms. The molecular weight excluding hydrogens is 234 g/mol. The molecule has 0 aromatic carbocycles. The minimum Gasteiger partial charge on any atom is -0.391 e. The standard InChI is InChI=1S/C17H35NO/c1-7-15(8-2)18(11-12(3)4)17-14(6)9-13(5)10-16(17)19/h12-17,19H,7-11H2,1-6H3. The summed E-state index contributed by atoms with van der Waals surface area (Å²) in [6, 6.07) is 0.987. The lowest BCUT2D eigenvalue weighted by Gasteiger charge is -2.47. The highest BCUT2D eigenvalue weighted by molar-refractivity contribution is 4.92. The summed E-state index contributed by atoms with van der Waals surface area (Å²) in [6.07, 6.45) is 4.47. The van der Waals surface area contributed by atoms with E-state index >= 15 is 0 Å². The number of hydrogen-bond donors (Lipinski definition) is 1. The number of aliphatic hydroxyl groups excluding tert-OH is 1. The third-order valence-electron chi connectivity index (χ3n) is 4.77. The summed E-state index contributed by atoms with van der Waals surface area (Å²) in [5.41, 5.74) is 0. The van der Waals surface area contributed by atoms with Crippen molar-refractivity contribution in [1.29, 1.82) is 0 Å². The van der Waals surface area contributed by atoms with Crippen LogP contribution in [0, 0.1) is 17.8 Å². The van der Waals surface area contributed by atoms with Crippen LogP contribution in [0.4, 0.5) is 0 Å². The Balaban J connectivity index is 2.88. The van der Waals surface area contributed by atoms with Crippen LogP contribution in [0.15, 0.2) is 0 Å². The molecule has 4 atom stereocenters. The molecular formula is C17H35NO. The monoisotopic (exact) mass is 269 g/mol. The fraction of sp³-hybridized carbons (Fsp3) is 1.00. The van der Waals surface area contributed by atoms with E-state index in [4.69, 9.17) is 0 Å². The molecule has 19 heavy (non-hydrogen) atoms. The maximum Gasteiger partial charge on any atom is 0.0700 e. The number of nitrogens with zero attached hydrogens (tertiary/aromatic N) is 1.